The van der Waals surface area contributed by atoms with E-state index in [0.717, 1.165) is 18.5 Å². The number of carbonyl (C=O) groups is 2. The molecule has 2 heterocycles. The summed E-state index contributed by atoms with van der Waals surface area (Å²) >= 11 is 0. The number of ether oxygens (including phenoxy) is 1. The van der Waals surface area contributed by atoms with Crippen molar-refractivity contribution in [1.29, 1.82) is 0 Å². The Morgan fingerprint density at radius 2 is 2.25 bits per heavy atom. The molecule has 0 saturated carbocycles. The summed E-state index contributed by atoms with van der Waals surface area (Å²) in [6.07, 6.45) is 3.06. The fourth-order valence-electron chi connectivity index (χ4n) is 2.51. The highest BCUT2D eigenvalue weighted by Crippen LogP contribution is 2.23. The molecule has 1 unspecified atom stereocenters. The van der Waals surface area contributed by atoms with Crippen molar-refractivity contribution in [1.82, 2.24) is 15.1 Å². The first-order valence-corrected chi connectivity index (χ1v) is 6.81. The number of hydrogen-bond acceptors (Lipinski definition) is 5. The van der Waals surface area contributed by atoms with Crippen LogP contribution in [-0.2, 0) is 16.0 Å². The Balaban J connectivity index is 2.25. The predicted molar refractivity (Wildman–Crippen MR) is 73.1 cm³/mol. The minimum Gasteiger partial charge on any atom is -0.467 e. The van der Waals surface area contributed by atoms with Gasteiger partial charge >= 0.3 is 5.97 Å². The number of nitrogen functional groups attached to an aromatic ring is 1. The lowest BCUT2D eigenvalue weighted by Gasteiger charge is -2.33. The van der Waals surface area contributed by atoms with E-state index in [1.807, 2.05) is 6.92 Å². The molecule has 1 aromatic heterocycles. The number of amides is 1. The number of H-pyrrole nitrogens is 1. The molecule has 1 saturated heterocycles. The van der Waals surface area contributed by atoms with E-state index in [9.17, 15) is 9.59 Å². The third kappa shape index (κ3) is 2.48. The van der Waals surface area contributed by atoms with E-state index < -0.39 is 6.04 Å². The Morgan fingerprint density at radius 1 is 1.50 bits per heavy atom. The van der Waals surface area contributed by atoms with Crippen LogP contribution in [0.5, 0.6) is 0 Å². The molecule has 20 heavy (non-hydrogen) atoms. The maximum Gasteiger partial charge on any atom is 0.328 e. The van der Waals surface area contributed by atoms with Crippen molar-refractivity contribution in [2.24, 2.45) is 0 Å². The Kier molecular flexibility index (Phi) is 4.26. The zero-order valence-electron chi connectivity index (χ0n) is 11.8. The van der Waals surface area contributed by atoms with E-state index in [1.54, 1.807) is 0 Å². The van der Waals surface area contributed by atoms with E-state index in [-0.39, 0.29) is 17.6 Å². The predicted octanol–water partition coefficient (Wildman–Crippen LogP) is 0.722. The highest BCUT2D eigenvalue weighted by atomic mass is 16.5. The smallest absolute Gasteiger partial charge is 0.328 e. The van der Waals surface area contributed by atoms with Gasteiger partial charge in [-0.3, -0.25) is 9.89 Å². The average molecular weight is 280 g/mol. The number of nitrogens with zero attached hydrogens (tertiary/aromatic N) is 2. The van der Waals surface area contributed by atoms with Crippen molar-refractivity contribution in [2.45, 2.75) is 38.6 Å². The summed E-state index contributed by atoms with van der Waals surface area (Å²) in [5.41, 5.74) is 7.21. The Labute approximate surface area is 117 Å². The highest BCUT2D eigenvalue weighted by Gasteiger charge is 2.35. The SMILES string of the molecule is CCc1[nH]nc(C(=O)N2CCCCC2C(=O)OC)c1N. The van der Waals surface area contributed by atoms with Crippen molar-refractivity contribution in [2.75, 3.05) is 19.4 Å². The van der Waals surface area contributed by atoms with Gasteiger partial charge in [-0.1, -0.05) is 6.92 Å². The Morgan fingerprint density at radius 3 is 2.85 bits per heavy atom. The van der Waals surface area contributed by atoms with E-state index >= 15 is 0 Å². The molecular formula is C13H20N4O3. The molecule has 1 atom stereocenters. The molecule has 1 aliphatic rings. The molecule has 1 aliphatic heterocycles. The molecule has 110 valence electrons. The molecule has 2 rings (SSSR count). The van der Waals surface area contributed by atoms with Gasteiger partial charge in [0.25, 0.3) is 5.91 Å². The third-order valence-corrected chi connectivity index (χ3v) is 3.68. The number of aryl methyl sites for hydroxylation is 1. The van der Waals surface area contributed by atoms with Crippen LogP contribution in [0.25, 0.3) is 0 Å². The van der Waals surface area contributed by atoms with Crippen molar-refractivity contribution >= 4 is 17.6 Å². The maximum atomic E-state index is 12.5. The molecule has 1 amide bonds. The summed E-state index contributed by atoms with van der Waals surface area (Å²) in [5, 5.41) is 6.75. The van der Waals surface area contributed by atoms with Crippen molar-refractivity contribution in [3.8, 4) is 0 Å². The highest BCUT2D eigenvalue weighted by molar-refractivity contribution is 5.99. The number of rotatable bonds is 3. The number of aromatic nitrogens is 2. The molecule has 0 bridgehead atoms. The van der Waals surface area contributed by atoms with Gasteiger partial charge in [-0.05, 0) is 25.7 Å². The summed E-state index contributed by atoms with van der Waals surface area (Å²) in [6, 6.07) is -0.539. The van der Waals surface area contributed by atoms with Crippen molar-refractivity contribution in [3.63, 3.8) is 0 Å². The molecule has 7 nitrogen and oxygen atoms in total. The molecule has 0 radical (unpaired) electrons. The van der Waals surface area contributed by atoms with E-state index in [2.05, 4.69) is 10.2 Å². The van der Waals surface area contributed by atoms with Gasteiger partial charge in [-0.15, -0.1) is 0 Å². The maximum absolute atomic E-state index is 12.5. The van der Waals surface area contributed by atoms with Crippen LogP contribution in [0.2, 0.25) is 0 Å². The van der Waals surface area contributed by atoms with Crippen LogP contribution in [-0.4, -0.2) is 46.7 Å². The second kappa shape index (κ2) is 5.94. The number of carbonyl (C=O) groups excluding carboxylic acids is 2. The summed E-state index contributed by atoms with van der Waals surface area (Å²) in [6.45, 7) is 2.45. The zero-order chi connectivity index (χ0) is 14.7. The van der Waals surface area contributed by atoms with E-state index in [0.29, 0.717) is 25.1 Å². The van der Waals surface area contributed by atoms with E-state index in [1.165, 1.54) is 12.0 Å². The Bertz CT molecular complexity index is 512. The fourth-order valence-corrected chi connectivity index (χ4v) is 2.51. The minimum atomic E-state index is -0.539. The first-order chi connectivity index (χ1) is 9.60. The van der Waals surface area contributed by atoms with Gasteiger partial charge < -0.3 is 15.4 Å². The van der Waals surface area contributed by atoms with Gasteiger partial charge in [0.05, 0.1) is 18.5 Å². The lowest BCUT2D eigenvalue weighted by molar-refractivity contribution is -0.147. The number of anilines is 1. The second-order valence-corrected chi connectivity index (χ2v) is 4.85. The van der Waals surface area contributed by atoms with Crippen LogP contribution in [0.4, 0.5) is 5.69 Å². The molecule has 3 N–H and O–H groups in total. The number of hydrogen-bond donors (Lipinski definition) is 2. The van der Waals surface area contributed by atoms with Crippen molar-refractivity contribution < 1.29 is 14.3 Å². The van der Waals surface area contributed by atoms with Gasteiger partial charge in [0.1, 0.15) is 6.04 Å². The monoisotopic (exact) mass is 280 g/mol. The third-order valence-electron chi connectivity index (χ3n) is 3.68. The van der Waals surface area contributed by atoms with Crippen LogP contribution in [0.3, 0.4) is 0 Å². The normalized spacial score (nSPS) is 18.9. The average Bonchev–Trinajstić information content (AvgIpc) is 2.86. The summed E-state index contributed by atoms with van der Waals surface area (Å²) in [4.78, 5) is 25.8. The molecule has 1 aromatic rings. The molecule has 0 spiro atoms. The standard InChI is InChI=1S/C13H20N4O3/c1-3-8-10(14)11(16-15-8)12(18)17-7-5-4-6-9(17)13(19)20-2/h9H,3-7,14H2,1-2H3,(H,15,16). The van der Waals surface area contributed by atoms with Gasteiger partial charge in [0, 0.05) is 6.54 Å². The Hall–Kier alpha value is -2.05. The lowest BCUT2D eigenvalue weighted by atomic mass is 10.0. The minimum absolute atomic E-state index is 0.192. The molecular weight excluding hydrogens is 260 g/mol. The summed E-state index contributed by atoms with van der Waals surface area (Å²) in [5.74, 6) is -0.698. The summed E-state index contributed by atoms with van der Waals surface area (Å²) in [7, 11) is 1.33. The number of esters is 1. The second-order valence-electron chi connectivity index (χ2n) is 4.85. The number of nitrogens with two attached hydrogens (primary N) is 1. The quantitative estimate of drug-likeness (QED) is 0.794. The van der Waals surface area contributed by atoms with E-state index in [4.69, 9.17) is 10.5 Å². The van der Waals surface area contributed by atoms with Gasteiger partial charge in [0.2, 0.25) is 0 Å². The number of methoxy groups -OCH3 is 1. The van der Waals surface area contributed by atoms with Crippen molar-refractivity contribution in [3.05, 3.63) is 11.4 Å². The summed E-state index contributed by atoms with van der Waals surface area (Å²) < 4.78 is 4.77. The van der Waals surface area contributed by atoms with Crippen LogP contribution in [0.15, 0.2) is 0 Å². The van der Waals surface area contributed by atoms with Gasteiger partial charge in [0.15, 0.2) is 5.69 Å². The number of piperidine rings is 1. The van der Waals surface area contributed by atoms with Crippen LogP contribution in [0.1, 0.15) is 42.4 Å². The lowest BCUT2D eigenvalue weighted by Crippen LogP contribution is -2.48. The van der Waals surface area contributed by atoms with Crippen LogP contribution < -0.4 is 5.73 Å². The first-order valence-electron chi connectivity index (χ1n) is 6.81. The molecule has 0 aliphatic carbocycles. The molecule has 0 aromatic carbocycles. The zero-order valence-corrected chi connectivity index (χ0v) is 11.8. The topological polar surface area (TPSA) is 101 Å². The largest absolute Gasteiger partial charge is 0.467 e. The fraction of sp³-hybridized carbons (Fsp3) is 0.615. The van der Waals surface area contributed by atoms with Gasteiger partial charge in [-0.25, -0.2) is 4.79 Å². The van der Waals surface area contributed by atoms with Gasteiger partial charge in [-0.2, -0.15) is 5.10 Å². The number of nitrogens with one attached hydrogen (secondary N) is 1. The van der Waals surface area contributed by atoms with Crippen LogP contribution in [0, 0.1) is 0 Å². The first kappa shape index (κ1) is 14.4. The van der Waals surface area contributed by atoms with Crippen LogP contribution >= 0.6 is 0 Å². The number of likely N-dealkylation sites (tertiary alicyclic amines) is 1. The number of aromatic amines is 1. The molecule has 1 fully saturated rings. The molecule has 7 heteroatoms.